The highest BCUT2D eigenvalue weighted by atomic mass is 32.2. The third-order valence-corrected chi connectivity index (χ3v) is 8.55. The van der Waals surface area contributed by atoms with E-state index in [2.05, 4.69) is 33.4 Å². The van der Waals surface area contributed by atoms with E-state index in [9.17, 15) is 13.2 Å². The molecule has 1 saturated heterocycles. The second kappa shape index (κ2) is 10.9. The Kier molecular flexibility index (Phi) is 7.59. The van der Waals surface area contributed by atoms with Crippen LogP contribution in [0, 0.1) is 19.8 Å². The molecule has 3 aromatic rings. The number of hydrogen-bond acceptors (Lipinski definition) is 7. The molecule has 1 aromatic heterocycles. The number of aryl methyl sites for hydroxylation is 2. The normalized spacial score (nSPS) is 19.3. The van der Waals surface area contributed by atoms with Gasteiger partial charge in [0.15, 0.2) is 0 Å². The van der Waals surface area contributed by atoms with Gasteiger partial charge in [-0.25, -0.2) is 18.1 Å². The monoisotopic (exact) mass is 549 g/mol. The number of carbonyl (C=O) groups is 1. The standard InChI is InChI=1S/C29H35N5O4S/c1-19(2)11-12-33-13-14-34-18-23(17-33)38-26-16-25(27-20(3)7-5-8-21(27)4)30-29(31-26)32-39(36,37)24-10-6-9-22(15-24)28(34)35/h5-10,15-16,19,23H,11-14,17-18H2,1-4H3,(H,30,31,32). The first-order chi connectivity index (χ1) is 18.6. The van der Waals surface area contributed by atoms with Gasteiger partial charge in [-0.15, -0.1) is 0 Å². The average Bonchev–Trinajstić information content (AvgIpc) is 3.08. The van der Waals surface area contributed by atoms with Crippen LogP contribution >= 0.6 is 0 Å². The van der Waals surface area contributed by atoms with Gasteiger partial charge in [-0.1, -0.05) is 38.1 Å². The summed E-state index contributed by atoms with van der Waals surface area (Å²) >= 11 is 0. The topological polar surface area (TPSA) is 105 Å². The maximum atomic E-state index is 13.6. The number of benzene rings is 2. The van der Waals surface area contributed by atoms with Crippen LogP contribution in [0.5, 0.6) is 5.88 Å². The summed E-state index contributed by atoms with van der Waals surface area (Å²) in [6.07, 6.45) is 0.677. The molecule has 9 nitrogen and oxygen atoms in total. The van der Waals surface area contributed by atoms with Crippen molar-refractivity contribution in [3.63, 3.8) is 0 Å². The van der Waals surface area contributed by atoms with Crippen molar-refractivity contribution in [1.82, 2.24) is 19.8 Å². The molecule has 1 fully saturated rings. The lowest BCUT2D eigenvalue weighted by Crippen LogP contribution is -2.40. The van der Waals surface area contributed by atoms with Gasteiger partial charge in [0, 0.05) is 36.8 Å². The minimum absolute atomic E-state index is 0.0268. The lowest BCUT2D eigenvalue weighted by atomic mass is 10.00. The SMILES string of the molecule is Cc1cccc(C)c1-c1cc2nc(n1)NS(=O)(=O)c1cccc(c1)C(=O)N1CCN(CCC(C)C)CC(C1)O2. The van der Waals surface area contributed by atoms with E-state index in [1.807, 2.05) is 32.0 Å². The summed E-state index contributed by atoms with van der Waals surface area (Å²) in [6, 6.07) is 13.8. The number of nitrogens with zero attached hydrogens (tertiary/aromatic N) is 4. The molecular weight excluding hydrogens is 514 g/mol. The van der Waals surface area contributed by atoms with Crippen molar-refractivity contribution in [1.29, 1.82) is 0 Å². The van der Waals surface area contributed by atoms with E-state index in [1.54, 1.807) is 23.1 Å². The first kappa shape index (κ1) is 27.1. The molecule has 0 saturated carbocycles. The van der Waals surface area contributed by atoms with Crippen LogP contribution in [0.15, 0.2) is 53.4 Å². The van der Waals surface area contributed by atoms with E-state index < -0.39 is 10.0 Å². The first-order valence-corrected chi connectivity index (χ1v) is 14.8. The highest BCUT2D eigenvalue weighted by Gasteiger charge is 2.30. The average molecular weight is 550 g/mol. The molecule has 2 aliphatic heterocycles. The van der Waals surface area contributed by atoms with Crippen molar-refractivity contribution >= 4 is 21.9 Å². The zero-order chi connectivity index (χ0) is 27.7. The number of rotatable bonds is 4. The molecule has 3 heterocycles. The molecule has 1 amide bonds. The second-order valence-corrected chi connectivity index (χ2v) is 12.5. The van der Waals surface area contributed by atoms with Crippen LogP contribution in [-0.4, -0.2) is 72.9 Å². The minimum atomic E-state index is -4.06. The van der Waals surface area contributed by atoms with E-state index in [4.69, 9.17) is 4.74 Å². The van der Waals surface area contributed by atoms with Crippen LogP contribution in [-0.2, 0) is 10.0 Å². The van der Waals surface area contributed by atoms with Crippen molar-refractivity contribution in [2.75, 3.05) is 37.4 Å². The third kappa shape index (κ3) is 6.07. The molecule has 10 heteroatoms. The van der Waals surface area contributed by atoms with Crippen molar-refractivity contribution in [3.05, 3.63) is 65.2 Å². The summed E-state index contributed by atoms with van der Waals surface area (Å²) in [5, 5.41) is 0. The van der Waals surface area contributed by atoms with Crippen LogP contribution < -0.4 is 9.46 Å². The van der Waals surface area contributed by atoms with Gasteiger partial charge in [0.25, 0.3) is 15.9 Å². The van der Waals surface area contributed by atoms with Crippen LogP contribution in [0.25, 0.3) is 11.3 Å². The smallest absolute Gasteiger partial charge is 0.264 e. The molecule has 5 rings (SSSR count). The van der Waals surface area contributed by atoms with Gasteiger partial charge in [-0.3, -0.25) is 9.69 Å². The molecule has 1 atom stereocenters. The van der Waals surface area contributed by atoms with E-state index >= 15 is 0 Å². The molecule has 0 radical (unpaired) electrons. The Balaban J connectivity index is 1.63. The zero-order valence-electron chi connectivity index (χ0n) is 22.8. The second-order valence-electron chi connectivity index (χ2n) is 10.8. The maximum absolute atomic E-state index is 13.6. The van der Waals surface area contributed by atoms with Gasteiger partial charge < -0.3 is 9.64 Å². The Morgan fingerprint density at radius 2 is 1.77 bits per heavy atom. The fourth-order valence-electron chi connectivity index (χ4n) is 5.15. The number of amides is 1. The number of nitrogens with one attached hydrogen (secondary N) is 1. The Morgan fingerprint density at radius 3 is 2.51 bits per heavy atom. The molecule has 2 aliphatic rings. The van der Waals surface area contributed by atoms with Crippen molar-refractivity contribution in [3.8, 4) is 17.1 Å². The Labute approximate surface area is 230 Å². The summed E-state index contributed by atoms with van der Waals surface area (Å²) in [6.45, 7) is 11.5. The van der Waals surface area contributed by atoms with Crippen LogP contribution in [0.1, 0.15) is 41.8 Å². The fraction of sp³-hybridized carbons (Fsp3) is 0.414. The number of carbonyl (C=O) groups excluding carboxylic acids is 1. The number of hydrogen-bond donors (Lipinski definition) is 1. The van der Waals surface area contributed by atoms with Crippen LogP contribution in [0.3, 0.4) is 0 Å². The lowest BCUT2D eigenvalue weighted by molar-refractivity contribution is 0.0690. The third-order valence-electron chi connectivity index (χ3n) is 7.23. The Morgan fingerprint density at radius 1 is 1.03 bits per heavy atom. The molecule has 39 heavy (non-hydrogen) atoms. The number of fused-ring (bicyclic) bond motifs is 6. The van der Waals surface area contributed by atoms with Gasteiger partial charge in [0.05, 0.1) is 17.1 Å². The van der Waals surface area contributed by atoms with Gasteiger partial charge in [0.2, 0.25) is 11.8 Å². The van der Waals surface area contributed by atoms with Crippen LogP contribution in [0.4, 0.5) is 5.95 Å². The zero-order valence-corrected chi connectivity index (χ0v) is 23.7. The quantitative estimate of drug-likeness (QED) is 0.522. The molecule has 1 unspecified atom stereocenters. The first-order valence-electron chi connectivity index (χ1n) is 13.4. The highest BCUT2D eigenvalue weighted by molar-refractivity contribution is 7.92. The molecule has 206 valence electrons. The van der Waals surface area contributed by atoms with Gasteiger partial charge >= 0.3 is 0 Å². The highest BCUT2D eigenvalue weighted by Crippen LogP contribution is 2.30. The molecule has 1 N–H and O–H groups in total. The molecule has 2 aromatic carbocycles. The largest absolute Gasteiger partial charge is 0.471 e. The minimum Gasteiger partial charge on any atom is -0.471 e. The summed E-state index contributed by atoms with van der Waals surface area (Å²) < 4.78 is 35.7. The number of anilines is 1. The predicted molar refractivity (Wildman–Crippen MR) is 150 cm³/mol. The summed E-state index contributed by atoms with van der Waals surface area (Å²) in [7, 11) is -4.06. The number of ether oxygens (including phenoxy) is 1. The molecular formula is C29H35N5O4S. The summed E-state index contributed by atoms with van der Waals surface area (Å²) in [5.74, 6) is 0.514. The predicted octanol–water partition coefficient (Wildman–Crippen LogP) is 4.13. The van der Waals surface area contributed by atoms with Crippen LogP contribution in [0.2, 0.25) is 0 Å². The van der Waals surface area contributed by atoms with Crippen molar-refractivity contribution < 1.29 is 17.9 Å². The van der Waals surface area contributed by atoms with Gasteiger partial charge in [-0.2, -0.15) is 4.98 Å². The summed E-state index contributed by atoms with van der Waals surface area (Å²) in [5.41, 5.74) is 3.79. The van der Waals surface area contributed by atoms with E-state index in [1.165, 1.54) is 12.1 Å². The van der Waals surface area contributed by atoms with E-state index in [0.29, 0.717) is 43.4 Å². The van der Waals surface area contributed by atoms with Crippen molar-refractivity contribution in [2.45, 2.75) is 45.1 Å². The Bertz CT molecular complexity index is 1470. The maximum Gasteiger partial charge on any atom is 0.264 e. The van der Waals surface area contributed by atoms with E-state index in [-0.39, 0.29) is 28.7 Å². The lowest BCUT2D eigenvalue weighted by Gasteiger charge is -2.25. The molecule has 0 spiro atoms. The van der Waals surface area contributed by atoms with Gasteiger partial charge in [0.1, 0.15) is 6.10 Å². The Hall–Kier alpha value is -3.50. The van der Waals surface area contributed by atoms with Gasteiger partial charge in [-0.05, 0) is 62.1 Å². The molecule has 6 bridgehead atoms. The number of sulfonamides is 1. The fourth-order valence-corrected chi connectivity index (χ4v) is 6.13. The summed E-state index contributed by atoms with van der Waals surface area (Å²) in [4.78, 5) is 26.7. The molecule has 0 aliphatic carbocycles. The number of aromatic nitrogens is 2. The van der Waals surface area contributed by atoms with E-state index in [0.717, 1.165) is 29.7 Å². The van der Waals surface area contributed by atoms with Crippen molar-refractivity contribution in [2.24, 2.45) is 5.92 Å².